The molecule has 26 heavy (non-hydrogen) atoms. The molecular weight excluding hydrogens is 377 g/mol. The largest absolute Gasteiger partial charge is 0.462 e. The van der Waals surface area contributed by atoms with Gasteiger partial charge in [-0.2, -0.15) is 23.0 Å². The van der Waals surface area contributed by atoms with E-state index in [2.05, 4.69) is 5.10 Å². The summed E-state index contributed by atoms with van der Waals surface area (Å²) in [7, 11) is 0. The molecule has 0 aliphatic carbocycles. The standard InChI is InChI=1S/C16H12ClF3N2O4/c1-3-26-15(25)10-7-13(8(2)23)21-22(14(10)24)9-4-5-12(17)11(6-9)16(18,19)20/h4-7H,3H2,1-2H3. The highest BCUT2D eigenvalue weighted by Crippen LogP contribution is 2.35. The Bertz CT molecular complexity index is 938. The number of carbonyl (C=O) groups is 2. The van der Waals surface area contributed by atoms with Crippen LogP contribution in [0.1, 0.15) is 40.3 Å². The lowest BCUT2D eigenvalue weighted by atomic mass is 10.1. The van der Waals surface area contributed by atoms with E-state index in [-0.39, 0.29) is 18.0 Å². The smallest absolute Gasteiger partial charge is 0.417 e. The summed E-state index contributed by atoms with van der Waals surface area (Å²) in [5.41, 5.74) is -3.31. The Kier molecular flexibility index (Phi) is 5.50. The average molecular weight is 389 g/mol. The van der Waals surface area contributed by atoms with Crippen LogP contribution in [-0.4, -0.2) is 28.1 Å². The van der Waals surface area contributed by atoms with Crippen molar-refractivity contribution in [2.75, 3.05) is 6.61 Å². The van der Waals surface area contributed by atoms with Gasteiger partial charge in [0.1, 0.15) is 11.3 Å². The summed E-state index contributed by atoms with van der Waals surface area (Å²) in [6.07, 6.45) is -4.77. The van der Waals surface area contributed by atoms with Crippen molar-refractivity contribution in [3.8, 4) is 5.69 Å². The molecule has 0 radical (unpaired) electrons. The van der Waals surface area contributed by atoms with Crippen LogP contribution >= 0.6 is 11.6 Å². The van der Waals surface area contributed by atoms with E-state index in [1.54, 1.807) is 0 Å². The Morgan fingerprint density at radius 3 is 2.46 bits per heavy atom. The van der Waals surface area contributed by atoms with Crippen LogP contribution in [-0.2, 0) is 10.9 Å². The zero-order valence-electron chi connectivity index (χ0n) is 13.6. The molecule has 1 aromatic heterocycles. The molecule has 138 valence electrons. The lowest BCUT2D eigenvalue weighted by molar-refractivity contribution is -0.137. The number of esters is 1. The second-order valence-corrected chi connectivity index (χ2v) is 5.51. The number of rotatable bonds is 4. The van der Waals surface area contributed by atoms with E-state index in [0.717, 1.165) is 25.1 Å². The number of hydrogen-bond acceptors (Lipinski definition) is 5. The molecule has 10 heteroatoms. The third-order valence-corrected chi connectivity index (χ3v) is 3.60. The van der Waals surface area contributed by atoms with Crippen LogP contribution in [0.3, 0.4) is 0 Å². The molecule has 0 unspecified atom stereocenters. The lowest BCUT2D eigenvalue weighted by Crippen LogP contribution is -2.30. The third-order valence-electron chi connectivity index (χ3n) is 3.27. The summed E-state index contributed by atoms with van der Waals surface area (Å²) >= 11 is 5.56. The molecule has 0 aliphatic heterocycles. The molecule has 0 fully saturated rings. The minimum absolute atomic E-state index is 0.0326. The van der Waals surface area contributed by atoms with Gasteiger partial charge in [0.25, 0.3) is 5.56 Å². The maximum atomic E-state index is 13.0. The third kappa shape index (κ3) is 3.93. The van der Waals surface area contributed by atoms with Crippen molar-refractivity contribution in [1.82, 2.24) is 9.78 Å². The van der Waals surface area contributed by atoms with E-state index < -0.39 is 39.6 Å². The van der Waals surface area contributed by atoms with Gasteiger partial charge in [-0.3, -0.25) is 9.59 Å². The van der Waals surface area contributed by atoms with Crippen LogP contribution in [0.15, 0.2) is 29.1 Å². The average Bonchev–Trinajstić information content (AvgIpc) is 2.54. The fraction of sp³-hybridized carbons (Fsp3) is 0.250. The number of aromatic nitrogens is 2. The fourth-order valence-corrected chi connectivity index (χ4v) is 2.28. The first kappa shape index (κ1) is 19.6. The van der Waals surface area contributed by atoms with Crippen molar-refractivity contribution in [2.24, 2.45) is 0 Å². The van der Waals surface area contributed by atoms with Crippen LogP contribution in [0.4, 0.5) is 13.2 Å². The van der Waals surface area contributed by atoms with Crippen LogP contribution in [0, 0.1) is 0 Å². The number of benzene rings is 1. The van der Waals surface area contributed by atoms with Gasteiger partial charge >= 0.3 is 12.1 Å². The van der Waals surface area contributed by atoms with E-state index >= 15 is 0 Å². The van der Waals surface area contributed by atoms with Gasteiger partial charge in [-0.15, -0.1) is 0 Å². The van der Waals surface area contributed by atoms with Crippen molar-refractivity contribution in [3.05, 3.63) is 56.5 Å². The Morgan fingerprint density at radius 2 is 1.92 bits per heavy atom. The highest BCUT2D eigenvalue weighted by molar-refractivity contribution is 6.31. The Labute approximate surface area is 150 Å². The molecule has 0 saturated heterocycles. The summed E-state index contributed by atoms with van der Waals surface area (Å²) in [5, 5.41) is 3.17. The van der Waals surface area contributed by atoms with Crippen molar-refractivity contribution in [1.29, 1.82) is 0 Å². The predicted molar refractivity (Wildman–Crippen MR) is 85.8 cm³/mol. The topological polar surface area (TPSA) is 78.3 Å². The second kappa shape index (κ2) is 7.28. The zero-order chi connectivity index (χ0) is 19.6. The fourth-order valence-electron chi connectivity index (χ4n) is 2.06. The molecule has 0 atom stereocenters. The van der Waals surface area contributed by atoms with Crippen molar-refractivity contribution < 1.29 is 27.5 Å². The highest BCUT2D eigenvalue weighted by Gasteiger charge is 2.34. The summed E-state index contributed by atoms with van der Waals surface area (Å²) < 4.78 is 44.4. The van der Waals surface area contributed by atoms with E-state index in [4.69, 9.17) is 16.3 Å². The molecule has 1 aromatic carbocycles. The van der Waals surface area contributed by atoms with Gasteiger partial charge in [-0.25, -0.2) is 4.79 Å². The maximum Gasteiger partial charge on any atom is 0.417 e. The number of nitrogens with zero attached hydrogens (tertiary/aromatic N) is 2. The molecule has 6 nitrogen and oxygen atoms in total. The van der Waals surface area contributed by atoms with E-state index in [1.807, 2.05) is 0 Å². The molecule has 0 amide bonds. The lowest BCUT2D eigenvalue weighted by Gasteiger charge is -2.13. The monoisotopic (exact) mass is 388 g/mol. The van der Waals surface area contributed by atoms with Crippen molar-refractivity contribution in [2.45, 2.75) is 20.0 Å². The Balaban J connectivity index is 2.75. The van der Waals surface area contributed by atoms with E-state index in [0.29, 0.717) is 10.7 Å². The van der Waals surface area contributed by atoms with Crippen LogP contribution < -0.4 is 5.56 Å². The molecular formula is C16H12ClF3N2O4. The molecule has 0 N–H and O–H groups in total. The number of hydrogen-bond donors (Lipinski definition) is 0. The minimum atomic E-state index is -4.77. The Morgan fingerprint density at radius 1 is 1.27 bits per heavy atom. The van der Waals surface area contributed by atoms with Gasteiger partial charge in [-0.1, -0.05) is 11.6 Å². The normalized spacial score (nSPS) is 11.3. The van der Waals surface area contributed by atoms with Gasteiger partial charge in [0, 0.05) is 6.92 Å². The molecule has 2 rings (SSSR count). The van der Waals surface area contributed by atoms with E-state index in [1.165, 1.54) is 6.92 Å². The Hall–Kier alpha value is -2.68. The van der Waals surface area contributed by atoms with Crippen LogP contribution in [0.25, 0.3) is 5.69 Å². The van der Waals surface area contributed by atoms with Crippen molar-refractivity contribution >= 4 is 23.4 Å². The highest BCUT2D eigenvalue weighted by atomic mass is 35.5. The SMILES string of the molecule is CCOC(=O)c1cc(C(C)=O)nn(-c2ccc(Cl)c(C(F)(F)F)c2)c1=O. The van der Waals surface area contributed by atoms with Crippen molar-refractivity contribution in [3.63, 3.8) is 0 Å². The maximum absolute atomic E-state index is 13.0. The summed E-state index contributed by atoms with van der Waals surface area (Å²) in [4.78, 5) is 36.0. The van der Waals surface area contributed by atoms with Gasteiger partial charge in [0.05, 0.1) is 22.9 Å². The number of alkyl halides is 3. The van der Waals surface area contributed by atoms with Gasteiger partial charge in [-0.05, 0) is 31.2 Å². The number of ether oxygens (including phenoxy) is 1. The quantitative estimate of drug-likeness (QED) is 0.593. The number of halogens is 4. The minimum Gasteiger partial charge on any atom is -0.462 e. The van der Waals surface area contributed by atoms with E-state index in [9.17, 15) is 27.6 Å². The molecule has 0 spiro atoms. The summed E-state index contributed by atoms with van der Waals surface area (Å²) in [6, 6.07) is 3.61. The van der Waals surface area contributed by atoms with Gasteiger partial charge in [0.15, 0.2) is 5.78 Å². The van der Waals surface area contributed by atoms with Gasteiger partial charge < -0.3 is 4.74 Å². The molecule has 0 saturated carbocycles. The molecule has 1 heterocycles. The van der Waals surface area contributed by atoms with Crippen LogP contribution in [0.2, 0.25) is 5.02 Å². The molecule has 2 aromatic rings. The molecule has 0 bridgehead atoms. The number of carbonyl (C=O) groups excluding carboxylic acids is 2. The first-order chi connectivity index (χ1) is 12.1. The van der Waals surface area contributed by atoms with Gasteiger partial charge in [0.2, 0.25) is 0 Å². The number of Topliss-reactive ketones (excluding diaryl/α,β-unsaturated/α-hetero) is 1. The predicted octanol–water partition coefficient (Wildman–Crippen LogP) is 3.28. The first-order valence-corrected chi connectivity index (χ1v) is 7.63. The second-order valence-electron chi connectivity index (χ2n) is 5.10. The summed E-state index contributed by atoms with van der Waals surface area (Å²) in [5.74, 6) is -1.60. The van der Waals surface area contributed by atoms with Crippen LogP contribution in [0.5, 0.6) is 0 Å². The number of ketones is 1. The zero-order valence-corrected chi connectivity index (χ0v) is 14.3. The summed E-state index contributed by atoms with van der Waals surface area (Å²) in [6.45, 7) is 2.61. The molecule has 0 aliphatic rings. The first-order valence-electron chi connectivity index (χ1n) is 7.25.